The molecular formula is C21H28N4O4. The lowest BCUT2D eigenvalue weighted by Crippen LogP contribution is -2.43. The SMILES string of the molecule is CC(=O)N(CCc1noc(C(C)C)n1)C1CCN(C(=O)COc2ccccc2)C1. The van der Waals surface area contributed by atoms with Crippen molar-refractivity contribution in [1.29, 1.82) is 0 Å². The molecule has 1 aliphatic heterocycles. The molecule has 8 nitrogen and oxygen atoms in total. The Bertz CT molecular complexity index is 821. The lowest BCUT2D eigenvalue weighted by atomic mass is 10.2. The highest BCUT2D eigenvalue weighted by Crippen LogP contribution is 2.18. The summed E-state index contributed by atoms with van der Waals surface area (Å²) in [5.41, 5.74) is 0. The van der Waals surface area contributed by atoms with E-state index in [-0.39, 0.29) is 30.4 Å². The van der Waals surface area contributed by atoms with E-state index in [1.165, 1.54) is 0 Å². The number of hydrogen-bond donors (Lipinski definition) is 0. The van der Waals surface area contributed by atoms with E-state index in [2.05, 4.69) is 10.1 Å². The number of nitrogens with zero attached hydrogens (tertiary/aromatic N) is 4. The summed E-state index contributed by atoms with van der Waals surface area (Å²) in [4.78, 5) is 32.6. The molecule has 29 heavy (non-hydrogen) atoms. The second kappa shape index (κ2) is 9.54. The third-order valence-electron chi connectivity index (χ3n) is 5.02. The predicted octanol–water partition coefficient (Wildman–Crippen LogP) is 2.26. The lowest BCUT2D eigenvalue weighted by molar-refractivity contribution is -0.134. The number of likely N-dealkylation sites (tertiary alicyclic amines) is 1. The third kappa shape index (κ3) is 5.56. The molecule has 2 amide bonds. The van der Waals surface area contributed by atoms with Gasteiger partial charge in [-0.25, -0.2) is 0 Å². The summed E-state index contributed by atoms with van der Waals surface area (Å²) in [6.45, 7) is 7.16. The Balaban J connectivity index is 1.51. The number of benzene rings is 1. The van der Waals surface area contributed by atoms with Gasteiger partial charge in [0.1, 0.15) is 5.75 Å². The monoisotopic (exact) mass is 400 g/mol. The summed E-state index contributed by atoms with van der Waals surface area (Å²) >= 11 is 0. The van der Waals surface area contributed by atoms with Crippen LogP contribution in [0.4, 0.5) is 0 Å². The molecule has 0 saturated carbocycles. The Hall–Kier alpha value is -2.90. The molecule has 1 aliphatic rings. The van der Waals surface area contributed by atoms with Crippen LogP contribution in [0.5, 0.6) is 5.75 Å². The lowest BCUT2D eigenvalue weighted by Gasteiger charge is -2.27. The quantitative estimate of drug-likeness (QED) is 0.675. The molecule has 1 aromatic heterocycles. The minimum Gasteiger partial charge on any atom is -0.484 e. The Morgan fingerprint density at radius 1 is 1.31 bits per heavy atom. The Labute approximate surface area is 170 Å². The topological polar surface area (TPSA) is 88.8 Å². The predicted molar refractivity (Wildman–Crippen MR) is 106 cm³/mol. The summed E-state index contributed by atoms with van der Waals surface area (Å²) in [6, 6.07) is 9.26. The first-order valence-corrected chi connectivity index (χ1v) is 9.99. The van der Waals surface area contributed by atoms with Gasteiger partial charge in [-0.3, -0.25) is 9.59 Å². The van der Waals surface area contributed by atoms with E-state index >= 15 is 0 Å². The average molecular weight is 400 g/mol. The largest absolute Gasteiger partial charge is 0.484 e. The third-order valence-corrected chi connectivity index (χ3v) is 5.02. The summed E-state index contributed by atoms with van der Waals surface area (Å²) in [7, 11) is 0. The van der Waals surface area contributed by atoms with Gasteiger partial charge in [0, 0.05) is 38.9 Å². The van der Waals surface area contributed by atoms with Crippen LogP contribution in [-0.2, 0) is 16.0 Å². The van der Waals surface area contributed by atoms with Crippen molar-refractivity contribution in [3.05, 3.63) is 42.0 Å². The highest BCUT2D eigenvalue weighted by atomic mass is 16.5. The molecule has 1 unspecified atom stereocenters. The Morgan fingerprint density at radius 3 is 2.72 bits per heavy atom. The number of aromatic nitrogens is 2. The van der Waals surface area contributed by atoms with Crippen LogP contribution in [0.3, 0.4) is 0 Å². The van der Waals surface area contributed by atoms with E-state index in [0.717, 1.165) is 6.42 Å². The maximum Gasteiger partial charge on any atom is 0.260 e. The van der Waals surface area contributed by atoms with Gasteiger partial charge in [0.2, 0.25) is 11.8 Å². The smallest absolute Gasteiger partial charge is 0.260 e. The minimum absolute atomic E-state index is 0.00234. The van der Waals surface area contributed by atoms with E-state index in [9.17, 15) is 9.59 Å². The van der Waals surface area contributed by atoms with Gasteiger partial charge >= 0.3 is 0 Å². The van der Waals surface area contributed by atoms with Crippen molar-refractivity contribution in [3.8, 4) is 5.75 Å². The van der Waals surface area contributed by atoms with Crippen molar-refractivity contribution in [2.24, 2.45) is 0 Å². The van der Waals surface area contributed by atoms with Gasteiger partial charge in [-0.2, -0.15) is 4.98 Å². The van der Waals surface area contributed by atoms with Crippen molar-refractivity contribution in [1.82, 2.24) is 19.9 Å². The molecule has 1 fully saturated rings. The normalized spacial score (nSPS) is 16.3. The van der Waals surface area contributed by atoms with Crippen LogP contribution in [0, 0.1) is 0 Å². The first-order chi connectivity index (χ1) is 13.9. The Kier molecular flexibility index (Phi) is 6.85. The number of hydrogen-bond acceptors (Lipinski definition) is 6. The zero-order valence-corrected chi connectivity index (χ0v) is 17.2. The molecular weight excluding hydrogens is 372 g/mol. The zero-order chi connectivity index (χ0) is 20.8. The number of rotatable bonds is 8. The summed E-state index contributed by atoms with van der Waals surface area (Å²) in [5, 5.41) is 3.99. The standard InChI is InChI=1S/C21H28N4O4/c1-15(2)21-22-19(23-29-21)10-12-25(16(3)26)17-9-11-24(13-17)20(27)14-28-18-7-5-4-6-8-18/h4-8,15,17H,9-14H2,1-3H3. The summed E-state index contributed by atoms with van der Waals surface area (Å²) in [6.07, 6.45) is 1.28. The highest BCUT2D eigenvalue weighted by Gasteiger charge is 2.32. The molecule has 1 atom stereocenters. The number of para-hydroxylation sites is 1. The van der Waals surface area contributed by atoms with Crippen molar-refractivity contribution >= 4 is 11.8 Å². The first kappa shape index (κ1) is 20.8. The van der Waals surface area contributed by atoms with Gasteiger partial charge < -0.3 is 19.1 Å². The molecule has 8 heteroatoms. The van der Waals surface area contributed by atoms with Crippen LogP contribution in [0.25, 0.3) is 0 Å². The molecule has 0 aliphatic carbocycles. The minimum atomic E-state index is -0.0698. The molecule has 1 saturated heterocycles. The van der Waals surface area contributed by atoms with Gasteiger partial charge in [0.05, 0.1) is 6.04 Å². The van der Waals surface area contributed by atoms with Crippen molar-refractivity contribution in [3.63, 3.8) is 0 Å². The molecule has 0 spiro atoms. The summed E-state index contributed by atoms with van der Waals surface area (Å²) in [5.74, 6) is 1.96. The molecule has 2 aromatic rings. The van der Waals surface area contributed by atoms with Crippen LogP contribution in [0.15, 0.2) is 34.9 Å². The van der Waals surface area contributed by atoms with Crippen LogP contribution in [0.1, 0.15) is 44.8 Å². The molecule has 0 bridgehead atoms. The zero-order valence-electron chi connectivity index (χ0n) is 17.2. The molecule has 2 heterocycles. The molecule has 156 valence electrons. The van der Waals surface area contributed by atoms with Crippen LogP contribution >= 0.6 is 0 Å². The fourth-order valence-electron chi connectivity index (χ4n) is 3.40. The molecule has 0 radical (unpaired) electrons. The number of amides is 2. The average Bonchev–Trinajstić information content (AvgIpc) is 3.37. The van der Waals surface area contributed by atoms with Crippen LogP contribution in [0.2, 0.25) is 0 Å². The molecule has 3 rings (SSSR count). The maximum absolute atomic E-state index is 12.5. The second-order valence-electron chi connectivity index (χ2n) is 7.55. The fraction of sp³-hybridized carbons (Fsp3) is 0.524. The van der Waals surface area contributed by atoms with E-state index in [4.69, 9.17) is 9.26 Å². The van der Waals surface area contributed by atoms with E-state index in [1.54, 1.807) is 16.7 Å². The molecule has 1 aromatic carbocycles. The van der Waals surface area contributed by atoms with Crippen molar-refractivity contribution < 1.29 is 18.8 Å². The van der Waals surface area contributed by atoms with Crippen molar-refractivity contribution in [2.45, 2.75) is 45.6 Å². The van der Waals surface area contributed by atoms with Gasteiger partial charge in [-0.15, -0.1) is 0 Å². The van der Waals surface area contributed by atoms with Crippen molar-refractivity contribution in [2.75, 3.05) is 26.2 Å². The summed E-state index contributed by atoms with van der Waals surface area (Å²) < 4.78 is 10.8. The fourth-order valence-corrected chi connectivity index (χ4v) is 3.40. The first-order valence-electron chi connectivity index (χ1n) is 9.99. The van der Waals surface area contributed by atoms with Crippen LogP contribution < -0.4 is 4.74 Å². The molecule has 0 N–H and O–H groups in total. The maximum atomic E-state index is 12.5. The van der Waals surface area contributed by atoms with Gasteiger partial charge in [0.25, 0.3) is 5.91 Å². The number of carbonyl (C=O) groups is 2. The number of carbonyl (C=O) groups excluding carboxylic acids is 2. The van der Waals surface area contributed by atoms with Crippen LogP contribution in [-0.4, -0.2) is 64.0 Å². The van der Waals surface area contributed by atoms with Gasteiger partial charge in [0.15, 0.2) is 12.4 Å². The second-order valence-corrected chi connectivity index (χ2v) is 7.55. The van der Waals surface area contributed by atoms with Gasteiger partial charge in [-0.05, 0) is 18.6 Å². The Morgan fingerprint density at radius 2 is 2.07 bits per heavy atom. The van der Waals surface area contributed by atoms with E-state index in [1.807, 2.05) is 44.2 Å². The highest BCUT2D eigenvalue weighted by molar-refractivity contribution is 5.78. The number of ether oxygens (including phenoxy) is 1. The van der Waals surface area contributed by atoms with Gasteiger partial charge in [-0.1, -0.05) is 37.2 Å². The van der Waals surface area contributed by atoms with E-state index < -0.39 is 0 Å². The van der Waals surface area contributed by atoms with E-state index in [0.29, 0.717) is 43.5 Å².